The van der Waals surface area contributed by atoms with Crippen molar-refractivity contribution < 1.29 is 14.0 Å². The normalized spacial score (nSPS) is 14.5. The molecule has 31 heavy (non-hydrogen) atoms. The van der Waals surface area contributed by atoms with Crippen molar-refractivity contribution in [3.8, 4) is 0 Å². The SMILES string of the molecule is CN(C(=O)c1cc(C2CCN(C(=O)c3c(F)cccc3Cl)CC2)[nH]n1)c1ccccc1. The third kappa shape index (κ3) is 4.32. The molecule has 0 radical (unpaired) electrons. The van der Waals surface area contributed by atoms with Crippen molar-refractivity contribution in [3.05, 3.63) is 82.4 Å². The lowest BCUT2D eigenvalue weighted by molar-refractivity contribution is 0.0707. The highest BCUT2D eigenvalue weighted by Crippen LogP contribution is 2.29. The summed E-state index contributed by atoms with van der Waals surface area (Å²) in [5.41, 5.74) is 1.91. The summed E-state index contributed by atoms with van der Waals surface area (Å²) in [6.07, 6.45) is 1.37. The zero-order valence-electron chi connectivity index (χ0n) is 17.0. The van der Waals surface area contributed by atoms with Crippen LogP contribution in [0.3, 0.4) is 0 Å². The number of halogens is 2. The Morgan fingerprint density at radius 3 is 2.52 bits per heavy atom. The monoisotopic (exact) mass is 440 g/mol. The Hall–Kier alpha value is -3.19. The van der Waals surface area contributed by atoms with Crippen molar-refractivity contribution in [2.24, 2.45) is 0 Å². The molecule has 1 aliphatic heterocycles. The fraction of sp³-hybridized carbons (Fsp3) is 0.261. The minimum absolute atomic E-state index is 0.0824. The van der Waals surface area contributed by atoms with Crippen LogP contribution >= 0.6 is 11.6 Å². The number of carbonyl (C=O) groups excluding carboxylic acids is 2. The van der Waals surface area contributed by atoms with Crippen LogP contribution < -0.4 is 4.90 Å². The molecule has 1 aliphatic rings. The van der Waals surface area contributed by atoms with Crippen molar-refractivity contribution >= 4 is 29.1 Å². The van der Waals surface area contributed by atoms with E-state index in [0.717, 1.165) is 11.4 Å². The number of piperidine rings is 1. The number of aromatic nitrogens is 2. The Labute approximate surface area is 184 Å². The Morgan fingerprint density at radius 2 is 1.84 bits per heavy atom. The number of benzene rings is 2. The summed E-state index contributed by atoms with van der Waals surface area (Å²) in [5.74, 6) is -1.07. The van der Waals surface area contributed by atoms with Crippen LogP contribution in [0.2, 0.25) is 5.02 Å². The maximum absolute atomic E-state index is 14.1. The van der Waals surface area contributed by atoms with Crippen LogP contribution in [0.25, 0.3) is 0 Å². The first-order valence-corrected chi connectivity index (χ1v) is 10.4. The molecule has 1 saturated heterocycles. The number of para-hydroxylation sites is 1. The maximum atomic E-state index is 14.1. The van der Waals surface area contributed by atoms with Gasteiger partial charge in [-0.1, -0.05) is 35.9 Å². The maximum Gasteiger partial charge on any atom is 0.278 e. The van der Waals surface area contributed by atoms with Gasteiger partial charge in [0.25, 0.3) is 11.8 Å². The number of hydrogen-bond donors (Lipinski definition) is 1. The standard InChI is InChI=1S/C23H22ClFN4O2/c1-28(16-6-3-2-4-7-16)22(30)20-14-19(26-27-20)15-10-12-29(13-11-15)23(31)21-17(24)8-5-9-18(21)25/h2-9,14-15H,10-13H2,1H3,(H,26,27). The molecule has 6 nitrogen and oxygen atoms in total. The number of H-pyrrole nitrogens is 1. The minimum Gasteiger partial charge on any atom is -0.338 e. The van der Waals surface area contributed by atoms with Crippen molar-refractivity contribution in [3.63, 3.8) is 0 Å². The van der Waals surface area contributed by atoms with Gasteiger partial charge in [-0.05, 0) is 43.2 Å². The smallest absolute Gasteiger partial charge is 0.278 e. The molecule has 0 bridgehead atoms. The number of carbonyl (C=O) groups is 2. The van der Waals surface area contributed by atoms with Crippen molar-refractivity contribution in [2.45, 2.75) is 18.8 Å². The molecule has 1 N–H and O–H groups in total. The van der Waals surface area contributed by atoms with Crippen molar-refractivity contribution in [2.75, 3.05) is 25.0 Å². The summed E-state index contributed by atoms with van der Waals surface area (Å²) in [4.78, 5) is 28.6. The van der Waals surface area contributed by atoms with Gasteiger partial charge in [0.15, 0.2) is 5.69 Å². The molecule has 2 amide bonds. The van der Waals surface area contributed by atoms with Crippen LogP contribution in [0.15, 0.2) is 54.6 Å². The average Bonchev–Trinajstić information content (AvgIpc) is 3.29. The summed E-state index contributed by atoms with van der Waals surface area (Å²) in [6, 6.07) is 15.4. The lowest BCUT2D eigenvalue weighted by Crippen LogP contribution is -2.38. The van der Waals surface area contributed by atoms with E-state index in [0.29, 0.717) is 31.6 Å². The van der Waals surface area contributed by atoms with Gasteiger partial charge in [-0.25, -0.2) is 4.39 Å². The molecule has 3 aromatic rings. The van der Waals surface area contributed by atoms with E-state index in [1.54, 1.807) is 22.9 Å². The largest absolute Gasteiger partial charge is 0.338 e. The van der Waals surface area contributed by atoms with Gasteiger partial charge in [0.1, 0.15) is 5.82 Å². The first-order valence-electron chi connectivity index (χ1n) is 10.1. The molecule has 2 aromatic carbocycles. The number of hydrogen-bond acceptors (Lipinski definition) is 3. The molecule has 4 rings (SSSR count). The fourth-order valence-electron chi connectivity index (χ4n) is 3.85. The molecular formula is C23H22ClFN4O2. The summed E-state index contributed by atoms with van der Waals surface area (Å²) >= 11 is 6.03. The van der Waals surface area contributed by atoms with Gasteiger partial charge in [0.2, 0.25) is 0 Å². The van der Waals surface area contributed by atoms with Gasteiger partial charge < -0.3 is 9.80 Å². The van der Waals surface area contributed by atoms with E-state index in [1.165, 1.54) is 18.2 Å². The van der Waals surface area contributed by atoms with E-state index in [4.69, 9.17) is 11.6 Å². The number of anilines is 1. The molecule has 0 atom stereocenters. The van der Waals surface area contributed by atoms with Crippen LogP contribution in [0.4, 0.5) is 10.1 Å². The van der Waals surface area contributed by atoms with Gasteiger partial charge in [-0.15, -0.1) is 0 Å². The summed E-state index contributed by atoms with van der Waals surface area (Å²) in [7, 11) is 1.71. The number of amides is 2. The van der Waals surface area contributed by atoms with Crippen molar-refractivity contribution in [1.82, 2.24) is 15.1 Å². The van der Waals surface area contributed by atoms with Crippen LogP contribution in [0, 0.1) is 5.82 Å². The quantitative estimate of drug-likeness (QED) is 0.649. The van der Waals surface area contributed by atoms with E-state index in [1.807, 2.05) is 30.3 Å². The van der Waals surface area contributed by atoms with Gasteiger partial charge in [-0.3, -0.25) is 14.7 Å². The second-order valence-corrected chi connectivity index (χ2v) is 7.98. The average molecular weight is 441 g/mol. The lowest BCUT2D eigenvalue weighted by atomic mass is 9.93. The second kappa shape index (κ2) is 8.89. The van der Waals surface area contributed by atoms with Gasteiger partial charge in [0, 0.05) is 37.4 Å². The van der Waals surface area contributed by atoms with Crippen LogP contribution in [0.5, 0.6) is 0 Å². The van der Waals surface area contributed by atoms with Gasteiger partial charge in [-0.2, -0.15) is 5.10 Å². The third-order valence-electron chi connectivity index (χ3n) is 5.66. The molecule has 0 aliphatic carbocycles. The Balaban J connectivity index is 1.40. The molecule has 0 saturated carbocycles. The molecule has 0 spiro atoms. The first-order chi connectivity index (χ1) is 15.0. The highest BCUT2D eigenvalue weighted by molar-refractivity contribution is 6.33. The number of rotatable bonds is 4. The first kappa shape index (κ1) is 21.1. The predicted octanol–water partition coefficient (Wildman–Crippen LogP) is 4.50. The molecule has 2 heterocycles. The van der Waals surface area contributed by atoms with E-state index in [2.05, 4.69) is 10.2 Å². The summed E-state index contributed by atoms with van der Waals surface area (Å²) in [5, 5.41) is 7.29. The molecule has 1 aromatic heterocycles. The van der Waals surface area contributed by atoms with Gasteiger partial charge in [0.05, 0.1) is 10.6 Å². The van der Waals surface area contributed by atoms with Crippen LogP contribution in [-0.2, 0) is 0 Å². The topological polar surface area (TPSA) is 69.3 Å². The number of nitrogens with zero attached hydrogens (tertiary/aromatic N) is 3. The zero-order valence-corrected chi connectivity index (χ0v) is 17.8. The van der Waals surface area contributed by atoms with Gasteiger partial charge >= 0.3 is 0 Å². The number of likely N-dealkylation sites (tertiary alicyclic amines) is 1. The second-order valence-electron chi connectivity index (χ2n) is 7.57. The third-order valence-corrected chi connectivity index (χ3v) is 5.98. The fourth-order valence-corrected chi connectivity index (χ4v) is 4.09. The highest BCUT2D eigenvalue weighted by atomic mass is 35.5. The van der Waals surface area contributed by atoms with E-state index < -0.39 is 11.7 Å². The zero-order chi connectivity index (χ0) is 22.0. The molecule has 160 valence electrons. The van der Waals surface area contributed by atoms with Crippen LogP contribution in [-0.4, -0.2) is 47.0 Å². The Bertz CT molecular complexity index is 1070. The minimum atomic E-state index is -0.612. The van der Waals surface area contributed by atoms with E-state index in [-0.39, 0.29) is 22.4 Å². The van der Waals surface area contributed by atoms with Crippen molar-refractivity contribution in [1.29, 1.82) is 0 Å². The number of nitrogens with one attached hydrogen (secondary N) is 1. The number of aromatic amines is 1. The summed E-state index contributed by atoms with van der Waals surface area (Å²) < 4.78 is 14.1. The van der Waals surface area contributed by atoms with Crippen LogP contribution in [0.1, 0.15) is 45.3 Å². The summed E-state index contributed by atoms with van der Waals surface area (Å²) in [6.45, 7) is 0.945. The van der Waals surface area contributed by atoms with E-state index >= 15 is 0 Å². The molecule has 8 heteroatoms. The lowest BCUT2D eigenvalue weighted by Gasteiger charge is -2.31. The predicted molar refractivity (Wildman–Crippen MR) is 117 cm³/mol. The molecular weight excluding hydrogens is 419 g/mol. The highest BCUT2D eigenvalue weighted by Gasteiger charge is 2.29. The van der Waals surface area contributed by atoms with E-state index in [9.17, 15) is 14.0 Å². The Morgan fingerprint density at radius 1 is 1.13 bits per heavy atom. The molecule has 1 fully saturated rings. The Kier molecular flexibility index (Phi) is 6.04. The molecule has 0 unspecified atom stereocenters.